The second kappa shape index (κ2) is 7.04. The van der Waals surface area contributed by atoms with Crippen molar-refractivity contribution in [3.63, 3.8) is 0 Å². The average Bonchev–Trinajstić information content (AvgIpc) is 2.53. The highest BCUT2D eigenvalue weighted by Crippen LogP contribution is 2.07. The number of nitrogens with one attached hydrogen (secondary N) is 1. The van der Waals surface area contributed by atoms with Crippen molar-refractivity contribution in [2.75, 3.05) is 0 Å². The number of nitrogens with zero attached hydrogens (tertiary/aromatic N) is 1. The zero-order chi connectivity index (χ0) is 15.1. The van der Waals surface area contributed by atoms with Crippen molar-refractivity contribution in [1.82, 2.24) is 4.83 Å². The molecule has 0 atom stereocenters. The van der Waals surface area contributed by atoms with Crippen molar-refractivity contribution in [2.45, 2.75) is 24.7 Å². The van der Waals surface area contributed by atoms with Gasteiger partial charge < -0.3 is 0 Å². The van der Waals surface area contributed by atoms with Crippen molar-refractivity contribution in [2.24, 2.45) is 5.10 Å². The molecule has 0 heterocycles. The van der Waals surface area contributed by atoms with Gasteiger partial charge in [0.25, 0.3) is 10.0 Å². The lowest BCUT2D eigenvalue weighted by molar-refractivity contribution is 0.584. The Morgan fingerprint density at radius 1 is 1.00 bits per heavy atom. The molecule has 0 saturated heterocycles. The molecule has 4 nitrogen and oxygen atoms in total. The highest BCUT2D eigenvalue weighted by molar-refractivity contribution is 7.89. The molecule has 0 unspecified atom stereocenters. The van der Waals surface area contributed by atoms with E-state index in [1.54, 1.807) is 18.2 Å². The smallest absolute Gasteiger partial charge is 0.200 e. The number of rotatable bonds is 6. The van der Waals surface area contributed by atoms with Gasteiger partial charge in [0, 0.05) is 5.71 Å². The van der Waals surface area contributed by atoms with E-state index in [2.05, 4.69) is 9.93 Å². The zero-order valence-electron chi connectivity index (χ0n) is 11.9. The summed E-state index contributed by atoms with van der Waals surface area (Å²) in [7, 11) is -3.58. The van der Waals surface area contributed by atoms with Gasteiger partial charge in [0.15, 0.2) is 0 Å². The van der Waals surface area contributed by atoms with Gasteiger partial charge in [-0.3, -0.25) is 0 Å². The summed E-state index contributed by atoms with van der Waals surface area (Å²) < 4.78 is 24.0. The fraction of sp³-hybridized carbons (Fsp3) is 0.188. The van der Waals surface area contributed by atoms with Gasteiger partial charge in [-0.1, -0.05) is 48.5 Å². The van der Waals surface area contributed by atoms with Crippen molar-refractivity contribution < 1.29 is 8.42 Å². The predicted octanol–water partition coefficient (Wildman–Crippen LogP) is 2.97. The van der Waals surface area contributed by atoms with E-state index in [0.29, 0.717) is 6.42 Å². The van der Waals surface area contributed by atoms with Crippen LogP contribution in [0.4, 0.5) is 0 Å². The van der Waals surface area contributed by atoms with Gasteiger partial charge in [-0.05, 0) is 37.5 Å². The second-order valence-corrected chi connectivity index (χ2v) is 6.40. The van der Waals surface area contributed by atoms with Gasteiger partial charge in [0.2, 0.25) is 0 Å². The minimum atomic E-state index is -3.58. The fourth-order valence-corrected chi connectivity index (χ4v) is 2.71. The highest BCUT2D eigenvalue weighted by Gasteiger charge is 2.11. The number of sulfonamides is 1. The Balaban J connectivity index is 1.94. The normalized spacial score (nSPS) is 12.1. The van der Waals surface area contributed by atoms with Crippen LogP contribution in [0.1, 0.15) is 18.9 Å². The van der Waals surface area contributed by atoms with Crippen LogP contribution in [0.5, 0.6) is 0 Å². The maximum absolute atomic E-state index is 12.0. The molecule has 0 spiro atoms. The monoisotopic (exact) mass is 302 g/mol. The Bertz CT molecular complexity index is 696. The highest BCUT2D eigenvalue weighted by atomic mass is 32.2. The van der Waals surface area contributed by atoms with E-state index in [9.17, 15) is 8.42 Å². The summed E-state index contributed by atoms with van der Waals surface area (Å²) in [6.45, 7) is 1.82. The molecule has 0 amide bonds. The summed E-state index contributed by atoms with van der Waals surface area (Å²) in [4.78, 5) is 2.48. The van der Waals surface area contributed by atoms with Crippen LogP contribution < -0.4 is 4.83 Å². The van der Waals surface area contributed by atoms with E-state index in [4.69, 9.17) is 0 Å². The summed E-state index contributed by atoms with van der Waals surface area (Å²) in [6.07, 6.45) is 1.55. The minimum Gasteiger partial charge on any atom is -0.200 e. The Labute approximate surface area is 125 Å². The number of hydrazone groups is 1. The molecule has 5 heteroatoms. The number of hydrogen-bond acceptors (Lipinski definition) is 3. The van der Waals surface area contributed by atoms with Crippen LogP contribution in [0, 0.1) is 0 Å². The van der Waals surface area contributed by atoms with Gasteiger partial charge in [0.05, 0.1) is 4.90 Å². The molecular weight excluding hydrogens is 284 g/mol. The minimum absolute atomic E-state index is 0.213. The van der Waals surface area contributed by atoms with E-state index in [1.165, 1.54) is 17.7 Å². The second-order valence-electron chi connectivity index (χ2n) is 4.74. The largest absolute Gasteiger partial charge is 0.276 e. The molecule has 0 radical (unpaired) electrons. The van der Waals surface area contributed by atoms with E-state index in [1.807, 2.05) is 37.3 Å². The van der Waals surface area contributed by atoms with Crippen molar-refractivity contribution in [1.29, 1.82) is 0 Å². The molecular formula is C16H18N2O2S. The maximum atomic E-state index is 12.0. The Kier molecular flexibility index (Phi) is 5.11. The maximum Gasteiger partial charge on any atom is 0.276 e. The molecule has 110 valence electrons. The molecule has 2 rings (SSSR count). The first-order chi connectivity index (χ1) is 10.1. The summed E-state index contributed by atoms with van der Waals surface area (Å²) in [6, 6.07) is 18.2. The number of aryl methyl sites for hydroxylation is 1. The molecule has 0 bridgehead atoms. The summed E-state index contributed by atoms with van der Waals surface area (Å²) in [5.41, 5.74) is 1.95. The molecule has 21 heavy (non-hydrogen) atoms. The van der Waals surface area contributed by atoms with Gasteiger partial charge in [0.1, 0.15) is 0 Å². The van der Waals surface area contributed by atoms with Crippen LogP contribution in [0.2, 0.25) is 0 Å². The van der Waals surface area contributed by atoms with E-state index >= 15 is 0 Å². The first-order valence-corrected chi connectivity index (χ1v) is 8.20. The quantitative estimate of drug-likeness (QED) is 0.659. The molecule has 0 aliphatic carbocycles. The topological polar surface area (TPSA) is 58.5 Å². The molecule has 1 N–H and O–H groups in total. The molecule has 0 aliphatic rings. The molecule has 0 aliphatic heterocycles. The molecule has 2 aromatic carbocycles. The van der Waals surface area contributed by atoms with E-state index in [-0.39, 0.29) is 4.90 Å². The van der Waals surface area contributed by atoms with Gasteiger partial charge in [-0.25, -0.2) is 4.83 Å². The number of hydrogen-bond donors (Lipinski definition) is 1. The summed E-state index contributed by atoms with van der Waals surface area (Å²) in [5, 5.41) is 3.97. The van der Waals surface area contributed by atoms with Crippen molar-refractivity contribution in [3.05, 3.63) is 66.2 Å². The lowest BCUT2D eigenvalue weighted by Gasteiger charge is -2.05. The van der Waals surface area contributed by atoms with E-state index in [0.717, 1.165) is 12.1 Å². The van der Waals surface area contributed by atoms with Gasteiger partial charge >= 0.3 is 0 Å². The zero-order valence-corrected chi connectivity index (χ0v) is 12.7. The number of benzene rings is 2. The van der Waals surface area contributed by atoms with Crippen LogP contribution in [-0.4, -0.2) is 14.1 Å². The van der Waals surface area contributed by atoms with Crippen LogP contribution in [0.25, 0.3) is 0 Å². The summed E-state index contributed by atoms with van der Waals surface area (Å²) in [5.74, 6) is 0. The third-order valence-electron chi connectivity index (χ3n) is 3.03. The lowest BCUT2D eigenvalue weighted by atomic mass is 10.1. The van der Waals surface area contributed by atoms with Crippen LogP contribution in [0.3, 0.4) is 0 Å². The predicted molar refractivity (Wildman–Crippen MR) is 84.6 cm³/mol. The van der Waals surface area contributed by atoms with Crippen molar-refractivity contribution in [3.8, 4) is 0 Å². The third-order valence-corrected chi connectivity index (χ3v) is 4.25. The lowest BCUT2D eigenvalue weighted by Crippen LogP contribution is -2.19. The standard InChI is InChI=1S/C16H18N2O2S/c1-14(12-13-15-8-4-2-5-9-15)17-18-21(19,20)16-10-6-3-7-11-16/h2-11,18H,12-13H2,1H3/b17-14-. The Morgan fingerprint density at radius 3 is 2.19 bits per heavy atom. The molecule has 0 saturated carbocycles. The Morgan fingerprint density at radius 2 is 1.57 bits per heavy atom. The van der Waals surface area contributed by atoms with Crippen LogP contribution in [-0.2, 0) is 16.4 Å². The van der Waals surface area contributed by atoms with Gasteiger partial charge in [-0.2, -0.15) is 13.5 Å². The summed E-state index contributed by atoms with van der Waals surface area (Å²) >= 11 is 0. The Hall–Kier alpha value is -2.14. The first kappa shape index (κ1) is 15.3. The molecule has 2 aromatic rings. The SMILES string of the molecule is C/C(CCc1ccccc1)=N/NS(=O)(=O)c1ccccc1. The van der Waals surface area contributed by atoms with Gasteiger partial charge in [-0.15, -0.1) is 0 Å². The van der Waals surface area contributed by atoms with Crippen molar-refractivity contribution >= 4 is 15.7 Å². The van der Waals surface area contributed by atoms with E-state index < -0.39 is 10.0 Å². The molecule has 0 fully saturated rings. The fourth-order valence-electron chi connectivity index (χ4n) is 1.82. The van der Waals surface area contributed by atoms with Crippen LogP contribution >= 0.6 is 0 Å². The first-order valence-electron chi connectivity index (χ1n) is 6.72. The third kappa shape index (κ3) is 4.72. The average molecular weight is 302 g/mol. The molecule has 0 aromatic heterocycles. The van der Waals surface area contributed by atoms with Crippen LogP contribution in [0.15, 0.2) is 70.7 Å².